The Labute approximate surface area is 430 Å². The summed E-state index contributed by atoms with van der Waals surface area (Å²) in [5.41, 5.74) is 4.93. The molecule has 2 fully saturated rings. The topological polar surface area (TPSA) is 239 Å². The lowest BCUT2D eigenvalue weighted by Crippen LogP contribution is -2.61. The highest BCUT2D eigenvalue weighted by atomic mass is 16.6. The molecule has 21 heteroatoms. The Hall–Kier alpha value is -7.27. The molecular weight excluding hydrogens is 969 g/mol. The smallest absolute Gasteiger partial charge is 0.264 e. The number of likely N-dealkylation sites (N-methyl/N-ethyl adjacent to an activating group) is 1. The number of nitrogens with zero attached hydrogens (tertiary/aromatic N) is 4. The van der Waals surface area contributed by atoms with Crippen molar-refractivity contribution in [3.8, 4) is 0 Å². The van der Waals surface area contributed by atoms with Gasteiger partial charge in [0.2, 0.25) is 23.6 Å². The van der Waals surface area contributed by atoms with Gasteiger partial charge in [-0.1, -0.05) is 42.5 Å². The fourth-order valence-corrected chi connectivity index (χ4v) is 11.8. The first-order valence-electron chi connectivity index (χ1n) is 25.3. The summed E-state index contributed by atoms with van der Waals surface area (Å²) in [6.45, 7) is 4.85. The zero-order chi connectivity index (χ0) is 52.1. The zero-order valence-electron chi connectivity index (χ0n) is 41.9. The Kier molecular flexibility index (Phi) is 13.6. The predicted octanol–water partition coefficient (Wildman–Crippen LogP) is 3.68. The number of amides is 7. The van der Waals surface area contributed by atoms with Crippen molar-refractivity contribution in [3.63, 3.8) is 0 Å². The van der Waals surface area contributed by atoms with Gasteiger partial charge in [0, 0.05) is 67.3 Å². The number of ether oxygens (including phenoxy) is 6. The lowest BCUT2D eigenvalue weighted by atomic mass is 9.91. The van der Waals surface area contributed by atoms with Gasteiger partial charge in [-0.2, -0.15) is 0 Å². The van der Waals surface area contributed by atoms with Gasteiger partial charge >= 0.3 is 0 Å². The minimum Gasteiger partial charge on any atom is -0.379 e. The molecular formula is C54H58N8O13. The summed E-state index contributed by atoms with van der Waals surface area (Å²) in [6, 6.07) is 19.5. The van der Waals surface area contributed by atoms with E-state index in [1.165, 1.54) is 6.07 Å². The lowest BCUT2D eigenvalue weighted by molar-refractivity contribution is -0.266. The van der Waals surface area contributed by atoms with Crippen LogP contribution in [0.4, 0.5) is 5.69 Å². The van der Waals surface area contributed by atoms with Crippen molar-refractivity contribution < 1.29 is 62.0 Å². The number of para-hydroxylation sites is 2. The Morgan fingerprint density at radius 2 is 1.48 bits per heavy atom. The molecule has 4 N–H and O–H groups in total. The van der Waals surface area contributed by atoms with Crippen molar-refractivity contribution in [1.29, 1.82) is 0 Å². The van der Waals surface area contributed by atoms with Crippen molar-refractivity contribution >= 4 is 90.6 Å². The predicted molar refractivity (Wildman–Crippen MR) is 272 cm³/mol. The molecule has 21 nitrogen and oxygen atoms in total. The number of aromatic nitrogens is 2. The second-order valence-electron chi connectivity index (χ2n) is 19.4. The van der Waals surface area contributed by atoms with Crippen LogP contribution >= 0.6 is 0 Å². The maximum atomic E-state index is 14.0. The van der Waals surface area contributed by atoms with Crippen LogP contribution in [0.5, 0.6) is 0 Å². The molecule has 6 aromatic rings. The third-order valence-corrected chi connectivity index (χ3v) is 15.1. The third kappa shape index (κ3) is 8.56. The summed E-state index contributed by atoms with van der Waals surface area (Å²) in [6.07, 6.45) is -0.399. The Morgan fingerprint density at radius 3 is 2.20 bits per heavy atom. The first kappa shape index (κ1) is 49.9. The van der Waals surface area contributed by atoms with Gasteiger partial charge < -0.3 is 58.4 Å². The Bertz CT molecular complexity index is 3330. The average Bonchev–Trinajstić information content (AvgIpc) is 4.26. The van der Waals surface area contributed by atoms with Crippen molar-refractivity contribution in [1.82, 2.24) is 34.9 Å². The molecule has 2 bridgehead atoms. The number of carbonyl (C=O) groups excluding carboxylic acids is 7. The van der Waals surface area contributed by atoms with Crippen LogP contribution in [0.25, 0.3) is 43.6 Å². The Morgan fingerprint density at radius 1 is 0.800 bits per heavy atom. The fourth-order valence-electron chi connectivity index (χ4n) is 11.8. The van der Waals surface area contributed by atoms with E-state index in [9.17, 15) is 33.6 Å². The molecule has 2 aromatic heterocycles. The normalized spacial score (nSPS) is 21.8. The number of carbonyl (C=O) groups is 7. The molecule has 392 valence electrons. The van der Waals surface area contributed by atoms with Gasteiger partial charge in [-0.3, -0.25) is 43.8 Å². The number of anilines is 1. The summed E-state index contributed by atoms with van der Waals surface area (Å²) in [5, 5.41) is 14.9. The van der Waals surface area contributed by atoms with Crippen molar-refractivity contribution in [2.45, 2.75) is 69.3 Å². The number of benzene rings is 4. The maximum Gasteiger partial charge on any atom is 0.264 e. The summed E-state index contributed by atoms with van der Waals surface area (Å²) in [5.74, 6) is -2.99. The van der Waals surface area contributed by atoms with Gasteiger partial charge in [0.15, 0.2) is 5.72 Å². The van der Waals surface area contributed by atoms with Gasteiger partial charge in [0.1, 0.15) is 18.4 Å². The van der Waals surface area contributed by atoms with E-state index in [1.807, 2.05) is 31.3 Å². The summed E-state index contributed by atoms with van der Waals surface area (Å²) >= 11 is 0. The minimum atomic E-state index is -1.09. The second-order valence-corrected chi connectivity index (χ2v) is 19.4. The molecule has 75 heavy (non-hydrogen) atoms. The average molecular weight is 1030 g/mol. The number of methoxy groups -OCH3 is 1. The molecule has 4 aromatic carbocycles. The van der Waals surface area contributed by atoms with E-state index in [2.05, 4.69) is 61.6 Å². The molecule has 0 saturated carbocycles. The summed E-state index contributed by atoms with van der Waals surface area (Å²) < 4.78 is 40.8. The molecule has 5 atom stereocenters. The number of imide groups is 2. The number of rotatable bonds is 21. The van der Waals surface area contributed by atoms with E-state index in [0.29, 0.717) is 58.2 Å². The van der Waals surface area contributed by atoms with E-state index in [4.69, 9.17) is 28.4 Å². The molecule has 5 aliphatic heterocycles. The number of piperidine rings is 1. The quantitative estimate of drug-likeness (QED) is 0.0595. The van der Waals surface area contributed by atoms with Gasteiger partial charge in [-0.25, -0.2) is 0 Å². The monoisotopic (exact) mass is 1030 g/mol. The molecule has 7 heterocycles. The van der Waals surface area contributed by atoms with Gasteiger partial charge in [-0.15, -0.1) is 0 Å². The van der Waals surface area contributed by atoms with Crippen LogP contribution in [0.2, 0.25) is 0 Å². The van der Waals surface area contributed by atoms with Crippen LogP contribution in [0.3, 0.4) is 0 Å². The fraction of sp³-hybridized carbons (Fsp3) is 0.426. The number of nitrogens with one attached hydrogen (secondary N) is 4. The molecule has 2 saturated heterocycles. The van der Waals surface area contributed by atoms with Crippen molar-refractivity contribution in [2.24, 2.45) is 0 Å². The standard InChI is InChI=1S/C54H58N8O13/c1-54-49(70-3)38(27-42(75-54)60-35-13-6-4-9-30(35)45-46-33(28-57-51(46)67)43-31-10-5-7-14-36(31)62(54)48(43)47(45)60)59(2)41(65)17-19-71-21-23-73-25-26-74-24-22-72-20-18-55-40(64)29-56-34-12-8-11-32-44(34)53(69)61(52(32)68)37-15-16-39(63)58-50(37)66/h4-14,37-38,42,49,56H,15-29H2,1-3H3,(H,55,64)(H,57,67)(H,58,63,66)/t37?,38-,42-,49-,54+/m1/s1. The van der Waals surface area contributed by atoms with Crippen LogP contribution in [0.1, 0.15) is 75.5 Å². The summed E-state index contributed by atoms with van der Waals surface area (Å²) in [4.78, 5) is 93.3. The molecule has 7 amide bonds. The lowest BCUT2D eigenvalue weighted by Gasteiger charge is -2.50. The van der Waals surface area contributed by atoms with Gasteiger partial charge in [0.05, 0.1) is 111 Å². The van der Waals surface area contributed by atoms with E-state index in [0.717, 1.165) is 54.1 Å². The largest absolute Gasteiger partial charge is 0.379 e. The second kappa shape index (κ2) is 20.5. The highest BCUT2D eigenvalue weighted by Crippen LogP contribution is 2.54. The number of hydrogen-bond acceptors (Lipinski definition) is 14. The minimum absolute atomic E-state index is 0.0139. The first-order valence-corrected chi connectivity index (χ1v) is 25.3. The first-order chi connectivity index (χ1) is 36.4. The molecule has 0 aliphatic carbocycles. The van der Waals surface area contributed by atoms with Crippen molar-refractivity contribution in [2.75, 3.05) is 85.4 Å². The van der Waals surface area contributed by atoms with E-state index < -0.39 is 47.7 Å². The van der Waals surface area contributed by atoms with Crippen LogP contribution in [-0.2, 0) is 59.9 Å². The van der Waals surface area contributed by atoms with Crippen LogP contribution < -0.4 is 21.3 Å². The number of hydrogen-bond donors (Lipinski definition) is 4. The Balaban J connectivity index is 0.602. The van der Waals surface area contributed by atoms with Gasteiger partial charge in [-0.05, 0) is 43.2 Å². The molecule has 11 rings (SSSR count). The highest BCUT2D eigenvalue weighted by molar-refractivity contribution is 6.31. The SMILES string of the molecule is CO[C@@H]1[C@H](N(C)C(=O)CCOCCOCCOCCOCCNC(=O)CNc2cccc3c2C(=O)N(C2CCC(=O)NC2=O)C3=O)C[C@H]2O[C@]1(C)n1c3ccccc3c3c4c(c5c6ccccc6n2c5c31)C(=O)NC4. The summed E-state index contributed by atoms with van der Waals surface area (Å²) in [7, 11) is 3.49. The highest BCUT2D eigenvalue weighted by Gasteiger charge is 2.55. The maximum absolute atomic E-state index is 14.0. The van der Waals surface area contributed by atoms with Crippen molar-refractivity contribution in [3.05, 3.63) is 89.0 Å². The number of fused-ring (bicyclic) bond motifs is 14. The zero-order valence-corrected chi connectivity index (χ0v) is 41.9. The van der Waals surface area contributed by atoms with Crippen LogP contribution in [0.15, 0.2) is 66.7 Å². The third-order valence-electron chi connectivity index (χ3n) is 15.1. The molecule has 0 spiro atoms. The van der Waals surface area contributed by atoms with Crippen LogP contribution in [-0.4, -0.2) is 159 Å². The molecule has 0 radical (unpaired) electrons. The van der Waals surface area contributed by atoms with Crippen LogP contribution in [0, 0.1) is 0 Å². The molecule has 1 unspecified atom stereocenters. The van der Waals surface area contributed by atoms with E-state index in [-0.39, 0.29) is 86.1 Å². The van der Waals surface area contributed by atoms with E-state index >= 15 is 0 Å². The molecule has 5 aliphatic rings. The van der Waals surface area contributed by atoms with E-state index in [1.54, 1.807) is 24.1 Å². The van der Waals surface area contributed by atoms with Gasteiger partial charge in [0.25, 0.3) is 17.7 Å².